The summed E-state index contributed by atoms with van der Waals surface area (Å²) in [7, 11) is 0. The number of fused-ring (bicyclic) bond motifs is 3. The minimum absolute atomic E-state index is 0.0345. The van der Waals surface area contributed by atoms with E-state index in [-0.39, 0.29) is 18.1 Å². The Morgan fingerprint density at radius 1 is 1.08 bits per heavy atom. The lowest BCUT2D eigenvalue weighted by Gasteiger charge is -2.26. The molecular weight excluding hydrogens is 354 g/mol. The van der Waals surface area contributed by atoms with Gasteiger partial charge >= 0.3 is 5.63 Å². The van der Waals surface area contributed by atoms with Crippen molar-refractivity contribution in [1.82, 2.24) is 4.90 Å². The number of halogens is 1. The molecule has 1 aromatic carbocycles. The van der Waals surface area contributed by atoms with E-state index in [0.29, 0.717) is 16.4 Å². The van der Waals surface area contributed by atoms with Gasteiger partial charge in [0.2, 0.25) is 0 Å². The first kappa shape index (κ1) is 17.4. The van der Waals surface area contributed by atoms with Crippen molar-refractivity contribution in [2.45, 2.75) is 44.9 Å². The zero-order chi connectivity index (χ0) is 18.1. The van der Waals surface area contributed by atoms with Crippen LogP contribution in [-0.4, -0.2) is 30.5 Å². The van der Waals surface area contributed by atoms with E-state index in [9.17, 15) is 9.59 Å². The van der Waals surface area contributed by atoms with Gasteiger partial charge in [0.05, 0.1) is 5.02 Å². The highest BCUT2D eigenvalue weighted by atomic mass is 35.5. The maximum atomic E-state index is 12.3. The van der Waals surface area contributed by atoms with Crippen LogP contribution in [-0.2, 0) is 17.6 Å². The van der Waals surface area contributed by atoms with Crippen molar-refractivity contribution in [1.29, 1.82) is 0 Å². The maximum absolute atomic E-state index is 12.3. The highest BCUT2D eigenvalue weighted by Crippen LogP contribution is 2.34. The minimum atomic E-state index is -0.273. The van der Waals surface area contributed by atoms with Crippen LogP contribution in [0.2, 0.25) is 5.02 Å². The van der Waals surface area contributed by atoms with Crippen molar-refractivity contribution in [2.24, 2.45) is 0 Å². The summed E-state index contributed by atoms with van der Waals surface area (Å²) in [5, 5.41) is 1.31. The lowest BCUT2D eigenvalue weighted by atomic mass is 9.91. The van der Waals surface area contributed by atoms with Crippen LogP contribution in [0.4, 0.5) is 0 Å². The van der Waals surface area contributed by atoms with Crippen LogP contribution in [0, 0.1) is 0 Å². The number of ether oxygens (including phenoxy) is 1. The summed E-state index contributed by atoms with van der Waals surface area (Å²) < 4.78 is 11.1. The van der Waals surface area contributed by atoms with E-state index in [2.05, 4.69) is 0 Å². The summed E-state index contributed by atoms with van der Waals surface area (Å²) in [5.74, 6) is 0.344. The summed E-state index contributed by atoms with van der Waals surface area (Å²) >= 11 is 6.39. The fraction of sp³-hybridized carbons (Fsp3) is 0.500. The predicted molar refractivity (Wildman–Crippen MR) is 100 cm³/mol. The van der Waals surface area contributed by atoms with Gasteiger partial charge in [0.15, 0.2) is 6.61 Å². The molecule has 1 fully saturated rings. The average molecular weight is 376 g/mol. The van der Waals surface area contributed by atoms with Gasteiger partial charge < -0.3 is 14.1 Å². The summed E-state index contributed by atoms with van der Waals surface area (Å²) in [4.78, 5) is 26.4. The molecule has 2 heterocycles. The largest absolute Gasteiger partial charge is 0.482 e. The van der Waals surface area contributed by atoms with Crippen LogP contribution in [0.3, 0.4) is 0 Å². The fourth-order valence-electron chi connectivity index (χ4n) is 3.93. The smallest absolute Gasteiger partial charge is 0.339 e. The van der Waals surface area contributed by atoms with Gasteiger partial charge in [-0.2, -0.15) is 0 Å². The van der Waals surface area contributed by atoms with E-state index in [4.69, 9.17) is 20.8 Å². The van der Waals surface area contributed by atoms with Crippen molar-refractivity contribution in [2.75, 3.05) is 19.7 Å². The standard InChI is InChI=1S/C20H22ClNO4/c21-16-10-15-13-6-2-3-7-14(13)20(24)26-17(15)11-18(16)25-12-19(23)22-8-4-1-5-9-22/h10-11H,1-9,12H2. The normalized spacial score (nSPS) is 17.2. The van der Waals surface area contributed by atoms with Crippen molar-refractivity contribution >= 4 is 28.5 Å². The topological polar surface area (TPSA) is 59.8 Å². The molecule has 1 aromatic heterocycles. The predicted octanol–water partition coefficient (Wildman–Crippen LogP) is 3.72. The number of rotatable bonds is 3. The number of carbonyl (C=O) groups is 1. The molecule has 1 amide bonds. The van der Waals surface area contributed by atoms with Crippen LogP contribution >= 0.6 is 11.6 Å². The SMILES string of the molecule is O=C(COc1cc2oc(=O)c3c(c2cc1Cl)CCCC3)N1CCCCC1. The van der Waals surface area contributed by atoms with Gasteiger partial charge in [0, 0.05) is 30.1 Å². The van der Waals surface area contributed by atoms with Gasteiger partial charge in [0.1, 0.15) is 11.3 Å². The number of piperidine rings is 1. The van der Waals surface area contributed by atoms with E-state index < -0.39 is 0 Å². The molecule has 2 aromatic rings. The first-order valence-corrected chi connectivity index (χ1v) is 9.70. The Bertz CT molecular complexity index is 899. The summed E-state index contributed by atoms with van der Waals surface area (Å²) in [6, 6.07) is 3.43. The molecule has 0 radical (unpaired) electrons. The number of amides is 1. The van der Waals surface area contributed by atoms with Crippen molar-refractivity contribution < 1.29 is 13.9 Å². The number of likely N-dealkylation sites (tertiary alicyclic amines) is 1. The molecule has 26 heavy (non-hydrogen) atoms. The van der Waals surface area contributed by atoms with Crippen molar-refractivity contribution in [3.05, 3.63) is 38.7 Å². The van der Waals surface area contributed by atoms with Crippen LogP contribution in [0.1, 0.15) is 43.2 Å². The Hall–Kier alpha value is -2.01. The molecule has 1 aliphatic carbocycles. The number of hydrogen-bond donors (Lipinski definition) is 0. The third-order valence-corrected chi connectivity index (χ3v) is 5.63. The first-order chi connectivity index (χ1) is 12.6. The second kappa shape index (κ2) is 7.31. The Kier molecular flexibility index (Phi) is 4.90. The molecule has 6 heteroatoms. The molecule has 138 valence electrons. The number of benzene rings is 1. The Labute approximate surface area is 156 Å². The molecule has 0 spiro atoms. The Morgan fingerprint density at radius 2 is 1.81 bits per heavy atom. The van der Waals surface area contributed by atoms with Crippen LogP contribution in [0.25, 0.3) is 11.0 Å². The third kappa shape index (κ3) is 3.32. The van der Waals surface area contributed by atoms with E-state index in [1.807, 2.05) is 4.90 Å². The highest BCUT2D eigenvalue weighted by molar-refractivity contribution is 6.32. The molecule has 0 saturated carbocycles. The Balaban J connectivity index is 1.59. The van der Waals surface area contributed by atoms with Gasteiger partial charge in [-0.1, -0.05) is 11.6 Å². The third-order valence-electron chi connectivity index (χ3n) is 5.34. The van der Waals surface area contributed by atoms with Crippen molar-refractivity contribution in [3.8, 4) is 5.75 Å². The number of carbonyl (C=O) groups excluding carboxylic acids is 1. The fourth-order valence-corrected chi connectivity index (χ4v) is 4.15. The molecule has 1 saturated heterocycles. The summed E-state index contributed by atoms with van der Waals surface area (Å²) in [6.07, 6.45) is 6.94. The minimum Gasteiger partial charge on any atom is -0.482 e. The lowest BCUT2D eigenvalue weighted by molar-refractivity contribution is -0.134. The van der Waals surface area contributed by atoms with Gasteiger partial charge in [-0.3, -0.25) is 4.79 Å². The van der Waals surface area contributed by atoms with E-state index in [0.717, 1.165) is 68.1 Å². The van der Waals surface area contributed by atoms with Crippen LogP contribution in [0.5, 0.6) is 5.75 Å². The number of nitrogens with zero attached hydrogens (tertiary/aromatic N) is 1. The average Bonchev–Trinajstić information content (AvgIpc) is 2.68. The van der Waals surface area contributed by atoms with Gasteiger partial charge in [-0.25, -0.2) is 4.79 Å². The van der Waals surface area contributed by atoms with Crippen LogP contribution < -0.4 is 10.4 Å². The first-order valence-electron chi connectivity index (χ1n) is 9.32. The van der Waals surface area contributed by atoms with E-state index in [1.54, 1.807) is 12.1 Å². The van der Waals surface area contributed by atoms with E-state index >= 15 is 0 Å². The maximum Gasteiger partial charge on any atom is 0.339 e. The summed E-state index contributed by atoms with van der Waals surface area (Å²) in [5.41, 5.74) is 2.01. The molecule has 0 atom stereocenters. The zero-order valence-corrected chi connectivity index (χ0v) is 15.4. The lowest BCUT2D eigenvalue weighted by Crippen LogP contribution is -2.38. The molecule has 0 bridgehead atoms. The second-order valence-corrected chi connectivity index (χ2v) is 7.47. The molecule has 0 unspecified atom stereocenters. The monoisotopic (exact) mass is 375 g/mol. The van der Waals surface area contributed by atoms with Crippen LogP contribution in [0.15, 0.2) is 21.3 Å². The van der Waals surface area contributed by atoms with E-state index in [1.165, 1.54) is 6.42 Å². The molecule has 2 aliphatic rings. The number of aryl methyl sites for hydroxylation is 1. The second-order valence-electron chi connectivity index (χ2n) is 7.06. The van der Waals surface area contributed by atoms with Crippen molar-refractivity contribution in [3.63, 3.8) is 0 Å². The molecule has 4 rings (SSSR count). The number of hydrogen-bond acceptors (Lipinski definition) is 4. The summed E-state index contributed by atoms with van der Waals surface area (Å²) in [6.45, 7) is 1.52. The Morgan fingerprint density at radius 3 is 2.58 bits per heavy atom. The molecule has 0 N–H and O–H groups in total. The highest BCUT2D eigenvalue weighted by Gasteiger charge is 2.21. The van der Waals surface area contributed by atoms with Gasteiger partial charge in [-0.15, -0.1) is 0 Å². The quantitative estimate of drug-likeness (QED) is 0.767. The van der Waals surface area contributed by atoms with Gasteiger partial charge in [0.25, 0.3) is 5.91 Å². The molecular formula is C20H22ClNO4. The van der Waals surface area contributed by atoms with Gasteiger partial charge in [-0.05, 0) is 56.6 Å². The molecule has 1 aliphatic heterocycles. The molecule has 5 nitrogen and oxygen atoms in total. The zero-order valence-electron chi connectivity index (χ0n) is 14.7.